The third-order valence-corrected chi connectivity index (χ3v) is 4.12. The fraction of sp³-hybridized carbons (Fsp3) is 0.136. The van der Waals surface area contributed by atoms with Gasteiger partial charge >= 0.3 is 0 Å². The summed E-state index contributed by atoms with van der Waals surface area (Å²) < 4.78 is 0. The molecule has 0 saturated carbocycles. The second kappa shape index (κ2) is 6.71. The predicted octanol–water partition coefficient (Wildman–Crippen LogP) is 4.57. The van der Waals surface area contributed by atoms with E-state index < -0.39 is 0 Å². The van der Waals surface area contributed by atoms with Gasteiger partial charge in [-0.05, 0) is 40.8 Å². The Morgan fingerprint density at radius 1 is 0.833 bits per heavy atom. The number of nitrogens with zero attached hydrogens (tertiary/aromatic N) is 1. The Bertz CT molecular complexity index is 840. The Morgan fingerprint density at radius 2 is 1.38 bits per heavy atom. The zero-order valence-electron chi connectivity index (χ0n) is 14.3. The van der Waals surface area contributed by atoms with Crippen LogP contribution in [-0.4, -0.2) is 24.8 Å². The molecular formula is C22H21NO. The lowest BCUT2D eigenvalue weighted by Gasteiger charge is -2.23. The molecule has 3 rings (SSSR count). The number of hydrogen-bond acceptors (Lipinski definition) is 2. The molecule has 2 aromatic carbocycles. The number of carbonyl (C=O) groups excluding carboxylic acids is 1. The first-order valence-corrected chi connectivity index (χ1v) is 8.04. The maximum Gasteiger partial charge on any atom is 0.188 e. The molecule has 0 spiro atoms. The summed E-state index contributed by atoms with van der Waals surface area (Å²) >= 11 is 0. The molecule has 1 aliphatic carbocycles. The van der Waals surface area contributed by atoms with Gasteiger partial charge in [0.2, 0.25) is 0 Å². The van der Waals surface area contributed by atoms with Crippen molar-refractivity contribution in [3.8, 4) is 0 Å². The molecule has 1 aliphatic rings. The van der Waals surface area contributed by atoms with Crippen LogP contribution in [0, 0.1) is 0 Å². The first-order chi connectivity index (χ1) is 11.6. The number of allylic oxidation sites excluding steroid dienone is 5. The predicted molar refractivity (Wildman–Crippen MR) is 100 cm³/mol. The largest absolute Gasteiger partial charge is 0.383 e. The highest BCUT2D eigenvalue weighted by Gasteiger charge is 2.25. The number of ketones is 1. The van der Waals surface area contributed by atoms with Crippen molar-refractivity contribution in [3.63, 3.8) is 0 Å². The lowest BCUT2D eigenvalue weighted by Crippen LogP contribution is -2.14. The van der Waals surface area contributed by atoms with Gasteiger partial charge in [-0.3, -0.25) is 4.79 Å². The van der Waals surface area contributed by atoms with Gasteiger partial charge < -0.3 is 4.90 Å². The van der Waals surface area contributed by atoms with E-state index in [1.165, 1.54) is 0 Å². The van der Waals surface area contributed by atoms with Crippen molar-refractivity contribution < 1.29 is 4.79 Å². The number of benzene rings is 2. The first kappa shape index (κ1) is 16.0. The molecule has 24 heavy (non-hydrogen) atoms. The van der Waals surface area contributed by atoms with Crippen LogP contribution >= 0.6 is 0 Å². The third kappa shape index (κ3) is 3.09. The molecule has 0 aromatic heterocycles. The topological polar surface area (TPSA) is 20.3 Å². The Balaban J connectivity index is 2.23. The molecule has 2 aromatic rings. The monoisotopic (exact) mass is 315 g/mol. The Kier molecular flexibility index (Phi) is 4.48. The molecule has 0 unspecified atom stereocenters. The van der Waals surface area contributed by atoms with E-state index in [4.69, 9.17) is 0 Å². The highest BCUT2D eigenvalue weighted by atomic mass is 16.1. The van der Waals surface area contributed by atoms with Gasteiger partial charge in [-0.15, -0.1) is 0 Å². The van der Waals surface area contributed by atoms with E-state index in [2.05, 4.69) is 19.1 Å². The molecule has 0 bridgehead atoms. The van der Waals surface area contributed by atoms with Crippen LogP contribution < -0.4 is 0 Å². The summed E-state index contributed by atoms with van der Waals surface area (Å²) in [6, 6.07) is 20.2. The lowest BCUT2D eigenvalue weighted by molar-refractivity contribution is -0.111. The van der Waals surface area contributed by atoms with Crippen molar-refractivity contribution in [1.29, 1.82) is 0 Å². The maximum absolute atomic E-state index is 12.8. The zero-order valence-corrected chi connectivity index (χ0v) is 14.3. The Morgan fingerprint density at radius 3 is 1.92 bits per heavy atom. The van der Waals surface area contributed by atoms with Gasteiger partial charge in [0.25, 0.3) is 0 Å². The second-order valence-electron chi connectivity index (χ2n) is 6.16. The summed E-state index contributed by atoms with van der Waals surface area (Å²) in [5.74, 6) is 0.0482. The average Bonchev–Trinajstić information content (AvgIpc) is 2.59. The number of carbonyl (C=O) groups is 1. The molecule has 0 N–H and O–H groups in total. The summed E-state index contributed by atoms with van der Waals surface area (Å²) in [4.78, 5) is 14.8. The minimum Gasteiger partial charge on any atom is -0.383 e. The third-order valence-electron chi connectivity index (χ3n) is 4.12. The molecule has 0 heterocycles. The molecule has 0 atom stereocenters. The summed E-state index contributed by atoms with van der Waals surface area (Å²) in [6.45, 7) is 2.09. The second-order valence-corrected chi connectivity index (χ2v) is 6.16. The van der Waals surface area contributed by atoms with E-state index in [1.807, 2.05) is 73.7 Å². The van der Waals surface area contributed by atoms with E-state index >= 15 is 0 Å². The van der Waals surface area contributed by atoms with Crippen molar-refractivity contribution in [2.75, 3.05) is 14.1 Å². The van der Waals surface area contributed by atoms with Crippen LogP contribution in [0.3, 0.4) is 0 Å². The minimum atomic E-state index is 0.0482. The summed E-state index contributed by atoms with van der Waals surface area (Å²) in [5, 5.41) is 0. The fourth-order valence-electron chi connectivity index (χ4n) is 3.06. The first-order valence-electron chi connectivity index (χ1n) is 8.04. The molecule has 0 amide bonds. The molecule has 2 nitrogen and oxygen atoms in total. The number of hydrogen-bond donors (Lipinski definition) is 0. The van der Waals surface area contributed by atoms with E-state index in [0.717, 1.165) is 33.4 Å². The molecule has 0 aliphatic heterocycles. The van der Waals surface area contributed by atoms with Crippen LogP contribution in [0.25, 0.3) is 11.1 Å². The zero-order chi connectivity index (χ0) is 17.1. The van der Waals surface area contributed by atoms with Crippen LogP contribution in [-0.2, 0) is 4.79 Å². The van der Waals surface area contributed by atoms with E-state index in [0.29, 0.717) is 0 Å². The van der Waals surface area contributed by atoms with Gasteiger partial charge in [-0.2, -0.15) is 0 Å². The number of rotatable bonds is 3. The Hall–Kier alpha value is -2.87. The fourth-order valence-corrected chi connectivity index (χ4v) is 3.06. The van der Waals surface area contributed by atoms with Crippen LogP contribution in [0.5, 0.6) is 0 Å². The van der Waals surface area contributed by atoms with Gasteiger partial charge in [0.1, 0.15) is 0 Å². The minimum absolute atomic E-state index is 0.0482. The lowest BCUT2D eigenvalue weighted by atomic mass is 9.81. The molecule has 0 radical (unpaired) electrons. The quantitative estimate of drug-likeness (QED) is 0.773. The molecule has 2 heteroatoms. The van der Waals surface area contributed by atoms with Crippen molar-refractivity contribution in [2.45, 2.75) is 6.92 Å². The molecule has 0 saturated heterocycles. The smallest absolute Gasteiger partial charge is 0.188 e. The SMILES string of the molecule is CC1=C(c2ccccc2)/C(=C/N(C)C)C(=O)C=C1c1ccccc1. The molecule has 120 valence electrons. The summed E-state index contributed by atoms with van der Waals surface area (Å²) in [6.07, 6.45) is 3.67. The van der Waals surface area contributed by atoms with Crippen molar-refractivity contribution in [2.24, 2.45) is 0 Å². The summed E-state index contributed by atoms with van der Waals surface area (Å²) in [5.41, 5.74) is 6.01. The molecular weight excluding hydrogens is 294 g/mol. The highest BCUT2D eigenvalue weighted by molar-refractivity contribution is 6.24. The van der Waals surface area contributed by atoms with Crippen LogP contribution in [0.2, 0.25) is 0 Å². The van der Waals surface area contributed by atoms with E-state index in [1.54, 1.807) is 6.08 Å². The summed E-state index contributed by atoms with van der Waals surface area (Å²) in [7, 11) is 3.88. The van der Waals surface area contributed by atoms with Gasteiger partial charge in [0.15, 0.2) is 5.78 Å². The van der Waals surface area contributed by atoms with Crippen LogP contribution in [0.1, 0.15) is 18.1 Å². The van der Waals surface area contributed by atoms with Gasteiger partial charge in [0.05, 0.1) is 0 Å². The van der Waals surface area contributed by atoms with E-state index in [-0.39, 0.29) is 5.78 Å². The highest BCUT2D eigenvalue weighted by Crippen LogP contribution is 2.38. The van der Waals surface area contributed by atoms with E-state index in [9.17, 15) is 4.79 Å². The standard InChI is InChI=1S/C22H21NO/c1-16-19(17-10-6-4-7-11-17)14-21(24)20(15-23(2)3)22(16)18-12-8-5-9-13-18/h4-15H,1-3H3/b20-15+. The molecule has 0 fully saturated rings. The van der Waals surface area contributed by atoms with Crippen LogP contribution in [0.4, 0.5) is 0 Å². The van der Waals surface area contributed by atoms with Crippen LogP contribution in [0.15, 0.2) is 84.1 Å². The van der Waals surface area contributed by atoms with Crippen molar-refractivity contribution in [3.05, 3.63) is 95.2 Å². The van der Waals surface area contributed by atoms with Gasteiger partial charge in [0, 0.05) is 25.9 Å². The van der Waals surface area contributed by atoms with Crippen molar-refractivity contribution in [1.82, 2.24) is 4.90 Å². The van der Waals surface area contributed by atoms with Gasteiger partial charge in [-0.1, -0.05) is 60.7 Å². The van der Waals surface area contributed by atoms with Crippen molar-refractivity contribution >= 4 is 16.9 Å². The average molecular weight is 315 g/mol. The maximum atomic E-state index is 12.8. The normalized spacial score (nSPS) is 16.4. The van der Waals surface area contributed by atoms with Gasteiger partial charge in [-0.25, -0.2) is 0 Å². The Labute approximate surface area is 143 Å².